The van der Waals surface area contributed by atoms with Crippen molar-refractivity contribution < 1.29 is 14.7 Å². The van der Waals surface area contributed by atoms with Crippen molar-refractivity contribution in [2.75, 3.05) is 11.4 Å². The van der Waals surface area contributed by atoms with Crippen LogP contribution in [0.4, 0.5) is 5.69 Å². The summed E-state index contributed by atoms with van der Waals surface area (Å²) in [6, 6.07) is 15.4. The van der Waals surface area contributed by atoms with Gasteiger partial charge in [0.15, 0.2) is 0 Å². The van der Waals surface area contributed by atoms with Gasteiger partial charge in [-0.1, -0.05) is 48.0 Å². The molecule has 0 spiro atoms. The van der Waals surface area contributed by atoms with E-state index in [-0.39, 0.29) is 12.5 Å². The highest BCUT2D eigenvalue weighted by Gasteiger charge is 2.35. The second kappa shape index (κ2) is 6.24. The summed E-state index contributed by atoms with van der Waals surface area (Å²) in [5.41, 5.74) is 3.76. The lowest BCUT2D eigenvalue weighted by molar-refractivity contribution is -0.138. The Kier molecular flexibility index (Phi) is 4.15. The van der Waals surface area contributed by atoms with Crippen molar-refractivity contribution in [3.63, 3.8) is 0 Å². The van der Waals surface area contributed by atoms with Gasteiger partial charge < -0.3 is 10.0 Å². The van der Waals surface area contributed by atoms with Gasteiger partial charge in [-0.15, -0.1) is 0 Å². The summed E-state index contributed by atoms with van der Waals surface area (Å²) in [4.78, 5) is 25.6. The third-order valence-corrected chi connectivity index (χ3v) is 4.28. The molecule has 0 aliphatic carbocycles. The Morgan fingerprint density at radius 2 is 1.96 bits per heavy atom. The SMILES string of the molecule is Cc1cccc(CCC(=O)N2CC(C(=O)O)c3ccccc32)c1. The van der Waals surface area contributed by atoms with Crippen molar-refractivity contribution >= 4 is 17.6 Å². The second-order valence-electron chi connectivity index (χ2n) is 5.94. The smallest absolute Gasteiger partial charge is 0.312 e. The lowest BCUT2D eigenvalue weighted by atomic mass is 10.0. The second-order valence-corrected chi connectivity index (χ2v) is 5.94. The van der Waals surface area contributed by atoms with Crippen LogP contribution in [0.5, 0.6) is 0 Å². The van der Waals surface area contributed by atoms with Crippen LogP contribution in [0.15, 0.2) is 48.5 Å². The van der Waals surface area contributed by atoms with E-state index in [1.54, 1.807) is 11.0 Å². The average Bonchev–Trinajstić information content (AvgIpc) is 2.93. The number of anilines is 1. The first-order valence-corrected chi connectivity index (χ1v) is 7.74. The molecule has 1 heterocycles. The number of aliphatic carboxylic acids is 1. The summed E-state index contributed by atoms with van der Waals surface area (Å²) in [6.07, 6.45) is 1.04. The van der Waals surface area contributed by atoms with Crippen molar-refractivity contribution in [3.05, 3.63) is 65.2 Å². The Hall–Kier alpha value is -2.62. The first-order valence-electron chi connectivity index (χ1n) is 7.74. The predicted octanol–water partition coefficient (Wildman–Crippen LogP) is 3.14. The van der Waals surface area contributed by atoms with Crippen LogP contribution in [0.25, 0.3) is 0 Å². The minimum absolute atomic E-state index is 0.0253. The fourth-order valence-electron chi connectivity index (χ4n) is 3.11. The molecule has 0 saturated heterocycles. The van der Waals surface area contributed by atoms with E-state index in [0.29, 0.717) is 12.8 Å². The van der Waals surface area contributed by atoms with Gasteiger partial charge in [-0.3, -0.25) is 9.59 Å². The Morgan fingerprint density at radius 1 is 1.17 bits per heavy atom. The molecule has 1 amide bonds. The maximum atomic E-state index is 12.6. The minimum atomic E-state index is -0.883. The Bertz CT molecular complexity index is 754. The van der Waals surface area contributed by atoms with E-state index in [2.05, 4.69) is 6.07 Å². The molecule has 1 aliphatic heterocycles. The lowest BCUT2D eigenvalue weighted by Gasteiger charge is -2.17. The van der Waals surface area contributed by atoms with Gasteiger partial charge in [-0.25, -0.2) is 0 Å². The summed E-state index contributed by atoms with van der Waals surface area (Å²) in [7, 11) is 0. The van der Waals surface area contributed by atoms with E-state index in [0.717, 1.165) is 16.8 Å². The fraction of sp³-hybridized carbons (Fsp3) is 0.263. The number of carbonyl (C=O) groups is 2. The van der Waals surface area contributed by atoms with Crippen LogP contribution >= 0.6 is 0 Å². The maximum Gasteiger partial charge on any atom is 0.312 e. The number of para-hydroxylation sites is 1. The molecule has 0 bridgehead atoms. The quantitative estimate of drug-likeness (QED) is 0.944. The monoisotopic (exact) mass is 309 g/mol. The van der Waals surface area contributed by atoms with Crippen LogP contribution in [0, 0.1) is 6.92 Å². The number of benzene rings is 2. The molecule has 0 aromatic heterocycles. The third kappa shape index (κ3) is 3.11. The Balaban J connectivity index is 1.74. The highest BCUT2D eigenvalue weighted by atomic mass is 16.4. The van der Waals surface area contributed by atoms with Crippen LogP contribution in [0.2, 0.25) is 0 Å². The van der Waals surface area contributed by atoms with Crippen LogP contribution < -0.4 is 4.90 Å². The van der Waals surface area contributed by atoms with Gasteiger partial charge in [-0.05, 0) is 30.5 Å². The molecule has 0 fully saturated rings. The molecular formula is C19H19NO3. The number of nitrogens with zero attached hydrogens (tertiary/aromatic N) is 1. The molecule has 1 unspecified atom stereocenters. The van der Waals surface area contributed by atoms with E-state index in [9.17, 15) is 14.7 Å². The van der Waals surface area contributed by atoms with Crippen LogP contribution in [-0.2, 0) is 16.0 Å². The molecule has 1 N–H and O–H groups in total. The predicted molar refractivity (Wildman–Crippen MR) is 88.7 cm³/mol. The summed E-state index contributed by atoms with van der Waals surface area (Å²) < 4.78 is 0. The van der Waals surface area contributed by atoms with Gasteiger partial charge in [-0.2, -0.15) is 0 Å². The van der Waals surface area contributed by atoms with E-state index in [4.69, 9.17) is 0 Å². The number of amides is 1. The van der Waals surface area contributed by atoms with Crippen molar-refractivity contribution in [2.45, 2.75) is 25.7 Å². The molecule has 1 atom stereocenters. The Labute approximate surface area is 135 Å². The standard InChI is InChI=1S/C19H19NO3/c1-13-5-4-6-14(11-13)9-10-18(21)20-12-16(19(22)23)15-7-2-3-8-17(15)20/h2-8,11,16H,9-10,12H2,1H3,(H,22,23). The molecule has 0 radical (unpaired) electrons. The number of carboxylic acid groups (broad SMARTS) is 1. The molecule has 0 saturated carbocycles. The minimum Gasteiger partial charge on any atom is -0.481 e. The van der Waals surface area contributed by atoms with E-state index >= 15 is 0 Å². The van der Waals surface area contributed by atoms with Crippen molar-refractivity contribution in [2.24, 2.45) is 0 Å². The first kappa shape index (κ1) is 15.3. The number of carbonyl (C=O) groups excluding carboxylic acids is 1. The first-order chi connectivity index (χ1) is 11.1. The number of rotatable bonds is 4. The van der Waals surface area contributed by atoms with E-state index < -0.39 is 11.9 Å². The molecule has 4 nitrogen and oxygen atoms in total. The number of hydrogen-bond acceptors (Lipinski definition) is 2. The molecule has 2 aromatic rings. The maximum absolute atomic E-state index is 12.6. The summed E-state index contributed by atoms with van der Waals surface area (Å²) in [6.45, 7) is 2.25. The van der Waals surface area contributed by atoms with Gasteiger partial charge >= 0.3 is 5.97 Å². The van der Waals surface area contributed by atoms with Crippen LogP contribution in [-0.4, -0.2) is 23.5 Å². The largest absolute Gasteiger partial charge is 0.481 e. The van der Waals surface area contributed by atoms with Gasteiger partial charge in [0.25, 0.3) is 0 Å². The number of aryl methyl sites for hydroxylation is 2. The van der Waals surface area contributed by atoms with Gasteiger partial charge in [0.1, 0.15) is 5.92 Å². The zero-order valence-electron chi connectivity index (χ0n) is 13.0. The summed E-state index contributed by atoms with van der Waals surface area (Å²) >= 11 is 0. The third-order valence-electron chi connectivity index (χ3n) is 4.28. The fourth-order valence-corrected chi connectivity index (χ4v) is 3.11. The van der Waals surface area contributed by atoms with E-state index in [1.165, 1.54) is 5.56 Å². The summed E-state index contributed by atoms with van der Waals surface area (Å²) in [5.74, 6) is -1.54. The number of fused-ring (bicyclic) bond motifs is 1. The topological polar surface area (TPSA) is 57.6 Å². The molecule has 2 aromatic carbocycles. The van der Waals surface area contributed by atoms with Gasteiger partial charge in [0.05, 0.1) is 0 Å². The number of carboxylic acids is 1. The van der Waals surface area contributed by atoms with Crippen molar-refractivity contribution in [3.8, 4) is 0 Å². The van der Waals surface area contributed by atoms with E-state index in [1.807, 2.05) is 43.3 Å². The highest BCUT2D eigenvalue weighted by molar-refractivity contribution is 5.99. The van der Waals surface area contributed by atoms with Gasteiger partial charge in [0.2, 0.25) is 5.91 Å². The highest BCUT2D eigenvalue weighted by Crippen LogP contribution is 2.36. The summed E-state index contributed by atoms with van der Waals surface area (Å²) in [5, 5.41) is 9.36. The molecule has 23 heavy (non-hydrogen) atoms. The molecule has 3 rings (SSSR count). The molecule has 4 heteroatoms. The Morgan fingerprint density at radius 3 is 2.70 bits per heavy atom. The van der Waals surface area contributed by atoms with Crippen LogP contribution in [0.3, 0.4) is 0 Å². The molecular weight excluding hydrogens is 290 g/mol. The van der Waals surface area contributed by atoms with Crippen molar-refractivity contribution in [1.29, 1.82) is 0 Å². The molecule has 118 valence electrons. The zero-order valence-corrected chi connectivity index (χ0v) is 13.0. The average molecular weight is 309 g/mol. The normalized spacial score (nSPS) is 16.2. The van der Waals surface area contributed by atoms with Crippen molar-refractivity contribution in [1.82, 2.24) is 0 Å². The van der Waals surface area contributed by atoms with Crippen LogP contribution in [0.1, 0.15) is 29.0 Å². The van der Waals surface area contributed by atoms with Gasteiger partial charge in [0, 0.05) is 18.7 Å². The molecule has 1 aliphatic rings. The zero-order chi connectivity index (χ0) is 16.4. The lowest BCUT2D eigenvalue weighted by Crippen LogP contribution is -2.31. The number of hydrogen-bond donors (Lipinski definition) is 1.